The minimum absolute atomic E-state index is 0.204. The second-order valence-electron chi connectivity index (χ2n) is 4.81. The number of benzene rings is 1. The van der Waals surface area contributed by atoms with Crippen molar-refractivity contribution in [3.05, 3.63) is 77.7 Å². The van der Waals surface area contributed by atoms with E-state index in [0.717, 1.165) is 5.56 Å². The average Bonchev–Trinajstić information content (AvgIpc) is 3.14. The van der Waals surface area contributed by atoms with Gasteiger partial charge in [-0.15, -0.1) is 0 Å². The third-order valence-corrected chi connectivity index (χ3v) is 3.30. The molecular weight excluding hydrogens is 290 g/mol. The molecule has 0 aliphatic rings. The number of nitrogens with zero attached hydrogens (tertiary/aromatic N) is 4. The summed E-state index contributed by atoms with van der Waals surface area (Å²) in [6.07, 6.45) is 5.16. The molecule has 2 aromatic heterocycles. The van der Waals surface area contributed by atoms with E-state index in [1.807, 2.05) is 24.3 Å². The van der Waals surface area contributed by atoms with Gasteiger partial charge < -0.3 is 5.32 Å². The van der Waals surface area contributed by atoms with Crippen LogP contribution in [0.2, 0.25) is 0 Å². The van der Waals surface area contributed by atoms with E-state index < -0.39 is 0 Å². The van der Waals surface area contributed by atoms with Crippen molar-refractivity contribution in [2.24, 2.45) is 0 Å². The van der Waals surface area contributed by atoms with Crippen LogP contribution in [0.4, 0.5) is 0 Å². The summed E-state index contributed by atoms with van der Waals surface area (Å²) in [6.45, 7) is 0.335. The largest absolute Gasteiger partial charge is 0.348 e. The van der Waals surface area contributed by atoms with Crippen LogP contribution >= 0.6 is 0 Å². The highest BCUT2D eigenvalue weighted by Gasteiger charge is 2.09. The molecule has 0 atom stereocenters. The van der Waals surface area contributed by atoms with Crippen LogP contribution in [-0.2, 0) is 6.54 Å². The molecule has 0 spiro atoms. The van der Waals surface area contributed by atoms with Crippen molar-refractivity contribution in [2.45, 2.75) is 6.54 Å². The molecule has 0 bridgehead atoms. The summed E-state index contributed by atoms with van der Waals surface area (Å²) in [5.41, 5.74) is 1.89. The van der Waals surface area contributed by atoms with Gasteiger partial charge in [0.2, 0.25) is 0 Å². The van der Waals surface area contributed by atoms with Gasteiger partial charge in [0.05, 0.1) is 11.6 Å². The first-order valence-electron chi connectivity index (χ1n) is 7.00. The van der Waals surface area contributed by atoms with Crippen molar-refractivity contribution in [3.63, 3.8) is 0 Å². The van der Waals surface area contributed by atoms with E-state index >= 15 is 0 Å². The number of nitriles is 1. The highest BCUT2D eigenvalue weighted by atomic mass is 16.1. The van der Waals surface area contributed by atoms with Crippen molar-refractivity contribution in [1.82, 2.24) is 20.1 Å². The van der Waals surface area contributed by atoms with Crippen molar-refractivity contribution < 1.29 is 4.79 Å². The van der Waals surface area contributed by atoms with Crippen LogP contribution in [-0.4, -0.2) is 20.7 Å². The van der Waals surface area contributed by atoms with Crippen LogP contribution in [0, 0.1) is 11.3 Å². The highest BCUT2D eigenvalue weighted by molar-refractivity contribution is 5.94. The zero-order chi connectivity index (χ0) is 16.1. The summed E-state index contributed by atoms with van der Waals surface area (Å²) < 4.78 is 1.66. The van der Waals surface area contributed by atoms with Crippen LogP contribution in [0.15, 0.2) is 61.1 Å². The van der Waals surface area contributed by atoms with Gasteiger partial charge in [0.15, 0.2) is 5.82 Å². The van der Waals surface area contributed by atoms with Gasteiger partial charge in [0, 0.05) is 36.3 Å². The second kappa shape index (κ2) is 6.54. The maximum atomic E-state index is 12.2. The Morgan fingerprint density at radius 2 is 2.00 bits per heavy atom. The minimum Gasteiger partial charge on any atom is -0.348 e. The predicted molar refractivity (Wildman–Crippen MR) is 83.7 cm³/mol. The number of hydrogen-bond donors (Lipinski definition) is 1. The lowest BCUT2D eigenvalue weighted by molar-refractivity contribution is 0.0951. The molecular formula is C17H13N5O. The van der Waals surface area contributed by atoms with Crippen molar-refractivity contribution >= 4 is 5.91 Å². The van der Waals surface area contributed by atoms with Gasteiger partial charge in [0.25, 0.3) is 5.91 Å². The summed E-state index contributed by atoms with van der Waals surface area (Å²) in [5.74, 6) is 0.474. The highest BCUT2D eigenvalue weighted by Crippen LogP contribution is 2.10. The number of nitrogens with one attached hydrogen (secondary N) is 1. The smallest absolute Gasteiger partial charge is 0.251 e. The van der Waals surface area contributed by atoms with Crippen LogP contribution in [0.5, 0.6) is 0 Å². The molecule has 112 valence electrons. The van der Waals surface area contributed by atoms with Crippen LogP contribution < -0.4 is 5.32 Å². The van der Waals surface area contributed by atoms with E-state index in [2.05, 4.69) is 15.4 Å². The number of amides is 1. The maximum absolute atomic E-state index is 12.2. The number of carbonyl (C=O) groups is 1. The molecule has 1 aromatic carbocycles. The fourth-order valence-electron chi connectivity index (χ4n) is 2.14. The minimum atomic E-state index is -0.204. The summed E-state index contributed by atoms with van der Waals surface area (Å²) in [4.78, 5) is 16.5. The van der Waals surface area contributed by atoms with Crippen molar-refractivity contribution in [2.75, 3.05) is 0 Å². The molecule has 3 rings (SSSR count). The number of aromatic nitrogens is 3. The first kappa shape index (κ1) is 14.5. The summed E-state index contributed by atoms with van der Waals surface area (Å²) >= 11 is 0. The molecule has 0 saturated heterocycles. The number of pyridine rings is 1. The first-order valence-corrected chi connectivity index (χ1v) is 7.00. The lowest BCUT2D eigenvalue weighted by atomic mass is 10.1. The van der Waals surface area contributed by atoms with Gasteiger partial charge in [0.1, 0.15) is 0 Å². The predicted octanol–water partition coefficient (Wildman–Crippen LogP) is 2.07. The average molecular weight is 303 g/mol. The third kappa shape index (κ3) is 3.24. The van der Waals surface area contributed by atoms with E-state index in [9.17, 15) is 4.79 Å². The normalized spacial score (nSPS) is 10.0. The molecule has 2 heterocycles. The van der Waals surface area contributed by atoms with Gasteiger partial charge in [-0.2, -0.15) is 10.4 Å². The summed E-state index contributed by atoms with van der Waals surface area (Å²) in [6, 6.07) is 14.0. The van der Waals surface area contributed by atoms with Gasteiger partial charge in [-0.25, -0.2) is 9.67 Å². The topological polar surface area (TPSA) is 83.6 Å². The Hall–Kier alpha value is -3.46. The summed E-state index contributed by atoms with van der Waals surface area (Å²) in [5, 5.41) is 15.8. The Morgan fingerprint density at radius 3 is 2.70 bits per heavy atom. The zero-order valence-corrected chi connectivity index (χ0v) is 12.2. The molecule has 0 unspecified atom stereocenters. The monoisotopic (exact) mass is 303 g/mol. The Kier molecular flexibility index (Phi) is 4.11. The standard InChI is InChI=1S/C17H13N5O/c18-11-13-4-6-14(7-5-13)17(23)20-12-15-3-1-8-19-16(15)22-10-2-9-21-22/h1-10H,12H2,(H,20,23). The molecule has 1 N–H and O–H groups in total. The maximum Gasteiger partial charge on any atom is 0.251 e. The van der Waals surface area contributed by atoms with Crippen LogP contribution in [0.3, 0.4) is 0 Å². The van der Waals surface area contributed by atoms with Crippen LogP contribution in [0.1, 0.15) is 21.5 Å². The molecule has 6 heteroatoms. The van der Waals surface area contributed by atoms with Crippen molar-refractivity contribution in [1.29, 1.82) is 5.26 Å². The lowest BCUT2D eigenvalue weighted by Crippen LogP contribution is -2.23. The van der Waals surface area contributed by atoms with E-state index in [4.69, 9.17) is 5.26 Å². The Labute approximate surface area is 133 Å². The first-order chi connectivity index (χ1) is 11.3. The molecule has 3 aromatic rings. The number of hydrogen-bond acceptors (Lipinski definition) is 4. The van der Waals surface area contributed by atoms with E-state index in [1.54, 1.807) is 47.5 Å². The Morgan fingerprint density at radius 1 is 1.17 bits per heavy atom. The Bertz CT molecular complexity index is 847. The molecule has 0 fully saturated rings. The van der Waals surface area contributed by atoms with Crippen molar-refractivity contribution in [3.8, 4) is 11.9 Å². The number of rotatable bonds is 4. The molecule has 6 nitrogen and oxygen atoms in total. The molecule has 0 saturated carbocycles. The number of carbonyl (C=O) groups excluding carboxylic acids is 1. The van der Waals surface area contributed by atoms with Gasteiger partial charge in [-0.3, -0.25) is 4.79 Å². The zero-order valence-electron chi connectivity index (χ0n) is 12.2. The second-order valence-corrected chi connectivity index (χ2v) is 4.81. The lowest BCUT2D eigenvalue weighted by Gasteiger charge is -2.09. The third-order valence-electron chi connectivity index (χ3n) is 3.30. The quantitative estimate of drug-likeness (QED) is 0.799. The van der Waals surface area contributed by atoms with E-state index in [0.29, 0.717) is 23.5 Å². The molecule has 0 aliphatic heterocycles. The fourth-order valence-corrected chi connectivity index (χ4v) is 2.14. The SMILES string of the molecule is N#Cc1ccc(C(=O)NCc2cccnc2-n2cccn2)cc1. The molecule has 0 radical (unpaired) electrons. The molecule has 0 aliphatic carbocycles. The molecule has 1 amide bonds. The Balaban J connectivity index is 1.73. The van der Waals surface area contributed by atoms with Gasteiger partial charge in [-0.1, -0.05) is 6.07 Å². The van der Waals surface area contributed by atoms with Gasteiger partial charge in [-0.05, 0) is 36.4 Å². The van der Waals surface area contributed by atoms with Gasteiger partial charge >= 0.3 is 0 Å². The summed E-state index contributed by atoms with van der Waals surface area (Å²) in [7, 11) is 0. The van der Waals surface area contributed by atoms with E-state index in [-0.39, 0.29) is 5.91 Å². The van der Waals surface area contributed by atoms with E-state index in [1.165, 1.54) is 0 Å². The molecule has 23 heavy (non-hydrogen) atoms. The van der Waals surface area contributed by atoms with Crippen LogP contribution in [0.25, 0.3) is 5.82 Å². The fraction of sp³-hybridized carbons (Fsp3) is 0.0588.